The van der Waals surface area contributed by atoms with Gasteiger partial charge < -0.3 is 5.32 Å². The van der Waals surface area contributed by atoms with Crippen LogP contribution in [0.3, 0.4) is 0 Å². The van der Waals surface area contributed by atoms with Crippen molar-refractivity contribution >= 4 is 22.4 Å². The molecule has 1 aromatic rings. The summed E-state index contributed by atoms with van der Waals surface area (Å²) in [6.45, 7) is 4.04. The van der Waals surface area contributed by atoms with E-state index < -0.39 is 16.9 Å². The van der Waals surface area contributed by atoms with Crippen LogP contribution in [0.1, 0.15) is 31.9 Å². The Hall–Kier alpha value is -1.50. The first-order valence-corrected chi connectivity index (χ1v) is 6.26. The van der Waals surface area contributed by atoms with Crippen molar-refractivity contribution in [2.45, 2.75) is 32.2 Å². The minimum absolute atomic E-state index is 0.295. The van der Waals surface area contributed by atoms with Gasteiger partial charge >= 0.3 is 0 Å². The molecule has 92 valence electrons. The number of anilines is 1. The SMILES string of the molecule is CC(C)c1csc(NC(=O)C2CC2[N+](=O)[O-])n1. The molecule has 0 radical (unpaired) electrons. The van der Waals surface area contributed by atoms with E-state index in [0.29, 0.717) is 17.5 Å². The molecule has 0 saturated heterocycles. The Morgan fingerprint density at radius 1 is 1.71 bits per heavy atom. The second kappa shape index (κ2) is 4.40. The van der Waals surface area contributed by atoms with E-state index in [1.54, 1.807) is 0 Å². The van der Waals surface area contributed by atoms with Gasteiger partial charge in [0.2, 0.25) is 11.9 Å². The Kier molecular flexibility index (Phi) is 3.10. The summed E-state index contributed by atoms with van der Waals surface area (Å²) in [5, 5.41) is 15.5. The van der Waals surface area contributed by atoms with Gasteiger partial charge in [0.1, 0.15) is 5.92 Å². The van der Waals surface area contributed by atoms with E-state index in [-0.39, 0.29) is 5.91 Å². The topological polar surface area (TPSA) is 85.1 Å². The van der Waals surface area contributed by atoms with Gasteiger partial charge in [0.25, 0.3) is 0 Å². The summed E-state index contributed by atoms with van der Waals surface area (Å²) in [6, 6.07) is -0.709. The van der Waals surface area contributed by atoms with Crippen LogP contribution in [0, 0.1) is 16.0 Å². The van der Waals surface area contributed by atoms with Crippen molar-refractivity contribution in [2.24, 2.45) is 5.92 Å². The summed E-state index contributed by atoms with van der Waals surface area (Å²) in [5.41, 5.74) is 0.923. The summed E-state index contributed by atoms with van der Waals surface area (Å²) >= 11 is 1.35. The molecule has 0 aliphatic heterocycles. The Bertz CT molecular complexity index is 457. The molecule has 1 fully saturated rings. The monoisotopic (exact) mass is 255 g/mol. The maximum Gasteiger partial charge on any atom is 0.236 e. The van der Waals surface area contributed by atoms with E-state index in [0.717, 1.165) is 5.69 Å². The lowest BCUT2D eigenvalue weighted by atomic mass is 10.2. The molecule has 1 saturated carbocycles. The molecule has 7 heteroatoms. The first-order valence-electron chi connectivity index (χ1n) is 5.39. The van der Waals surface area contributed by atoms with Crippen LogP contribution in [-0.2, 0) is 4.79 Å². The van der Waals surface area contributed by atoms with Gasteiger partial charge in [-0.25, -0.2) is 4.98 Å². The second-order valence-electron chi connectivity index (χ2n) is 4.42. The molecule has 0 aromatic carbocycles. The zero-order valence-corrected chi connectivity index (χ0v) is 10.4. The van der Waals surface area contributed by atoms with E-state index in [1.165, 1.54) is 11.3 Å². The third kappa shape index (κ3) is 2.60. The van der Waals surface area contributed by atoms with Crippen molar-refractivity contribution in [3.63, 3.8) is 0 Å². The van der Waals surface area contributed by atoms with Gasteiger partial charge in [-0.2, -0.15) is 0 Å². The van der Waals surface area contributed by atoms with Crippen LogP contribution < -0.4 is 5.32 Å². The first kappa shape index (κ1) is 12.0. The molecule has 1 amide bonds. The van der Waals surface area contributed by atoms with Crippen LogP contribution in [0.25, 0.3) is 0 Å². The number of nitrogens with one attached hydrogen (secondary N) is 1. The molecule has 0 spiro atoms. The van der Waals surface area contributed by atoms with Gasteiger partial charge in [0, 0.05) is 16.7 Å². The van der Waals surface area contributed by atoms with Gasteiger partial charge in [-0.15, -0.1) is 11.3 Å². The van der Waals surface area contributed by atoms with Gasteiger partial charge in [-0.05, 0) is 5.92 Å². The average Bonchev–Trinajstić information content (AvgIpc) is 2.93. The molecular formula is C10H13N3O3S. The van der Waals surface area contributed by atoms with Gasteiger partial charge in [-0.3, -0.25) is 14.9 Å². The van der Waals surface area contributed by atoms with Gasteiger partial charge in [0.15, 0.2) is 5.13 Å². The Balaban J connectivity index is 1.93. The minimum Gasteiger partial charge on any atom is -0.301 e. The first-order chi connectivity index (χ1) is 7.99. The zero-order valence-electron chi connectivity index (χ0n) is 9.54. The van der Waals surface area contributed by atoms with Gasteiger partial charge in [-0.1, -0.05) is 13.8 Å². The molecule has 1 aliphatic carbocycles. The zero-order chi connectivity index (χ0) is 12.6. The third-order valence-corrected chi connectivity index (χ3v) is 3.48. The Morgan fingerprint density at radius 3 is 2.88 bits per heavy atom. The van der Waals surface area contributed by atoms with Crippen molar-refractivity contribution in [1.29, 1.82) is 0 Å². The lowest BCUT2D eigenvalue weighted by molar-refractivity contribution is -0.497. The third-order valence-electron chi connectivity index (χ3n) is 2.71. The lowest BCUT2D eigenvalue weighted by Crippen LogP contribution is -2.18. The number of thiazole rings is 1. The number of carbonyl (C=O) groups excluding carboxylic acids is 1. The summed E-state index contributed by atoms with van der Waals surface area (Å²) in [7, 11) is 0. The van der Waals surface area contributed by atoms with E-state index in [2.05, 4.69) is 10.3 Å². The molecule has 1 N–H and O–H groups in total. The summed E-state index contributed by atoms with van der Waals surface area (Å²) in [6.07, 6.45) is 0.335. The largest absolute Gasteiger partial charge is 0.301 e. The smallest absolute Gasteiger partial charge is 0.236 e. The minimum atomic E-state index is -0.709. The van der Waals surface area contributed by atoms with Crippen LogP contribution in [0.15, 0.2) is 5.38 Å². The van der Waals surface area contributed by atoms with Crippen LogP contribution >= 0.6 is 11.3 Å². The second-order valence-corrected chi connectivity index (χ2v) is 5.27. The Morgan fingerprint density at radius 2 is 2.41 bits per heavy atom. The number of nitro groups is 1. The summed E-state index contributed by atoms with van der Waals surface area (Å²) in [5.74, 6) is -0.475. The Labute approximate surface area is 102 Å². The van der Waals surface area contributed by atoms with Crippen LogP contribution in [-0.4, -0.2) is 21.9 Å². The molecule has 0 bridgehead atoms. The van der Waals surface area contributed by atoms with Crippen LogP contribution in [0.2, 0.25) is 0 Å². The highest BCUT2D eigenvalue weighted by Gasteiger charge is 2.53. The fraction of sp³-hybridized carbons (Fsp3) is 0.600. The molecule has 2 rings (SSSR count). The molecular weight excluding hydrogens is 242 g/mol. The predicted octanol–water partition coefficient (Wildman–Crippen LogP) is 1.87. The highest BCUT2D eigenvalue weighted by molar-refractivity contribution is 7.13. The summed E-state index contributed by atoms with van der Waals surface area (Å²) in [4.78, 5) is 25.9. The van der Waals surface area contributed by atoms with E-state index in [1.807, 2.05) is 19.2 Å². The fourth-order valence-corrected chi connectivity index (χ4v) is 2.38. The quantitative estimate of drug-likeness (QED) is 0.657. The lowest BCUT2D eigenvalue weighted by Gasteiger charge is -1.99. The maximum absolute atomic E-state index is 11.6. The van der Waals surface area contributed by atoms with Crippen LogP contribution in [0.4, 0.5) is 5.13 Å². The van der Waals surface area contributed by atoms with Gasteiger partial charge in [0.05, 0.1) is 5.69 Å². The highest BCUT2D eigenvalue weighted by Crippen LogP contribution is 2.34. The summed E-state index contributed by atoms with van der Waals surface area (Å²) < 4.78 is 0. The standard InChI is InChI=1S/C10H13N3O3S/c1-5(2)7-4-17-10(11-7)12-9(14)6-3-8(6)13(15)16/h4-6,8H,3H2,1-2H3,(H,11,12,14). The average molecular weight is 255 g/mol. The molecule has 1 aromatic heterocycles. The fourth-order valence-electron chi connectivity index (χ4n) is 1.50. The number of amides is 1. The number of hydrogen-bond donors (Lipinski definition) is 1. The number of hydrogen-bond acceptors (Lipinski definition) is 5. The number of rotatable bonds is 4. The number of nitrogens with zero attached hydrogens (tertiary/aromatic N) is 2. The molecule has 2 atom stereocenters. The molecule has 6 nitrogen and oxygen atoms in total. The van der Waals surface area contributed by atoms with Crippen molar-refractivity contribution in [2.75, 3.05) is 5.32 Å². The van der Waals surface area contributed by atoms with Crippen LogP contribution in [0.5, 0.6) is 0 Å². The number of carbonyl (C=O) groups is 1. The van der Waals surface area contributed by atoms with E-state index in [4.69, 9.17) is 0 Å². The van der Waals surface area contributed by atoms with Crippen molar-refractivity contribution in [3.05, 3.63) is 21.2 Å². The molecule has 17 heavy (non-hydrogen) atoms. The molecule has 2 unspecified atom stereocenters. The maximum atomic E-state index is 11.6. The normalized spacial score (nSPS) is 22.5. The predicted molar refractivity (Wildman–Crippen MR) is 63.7 cm³/mol. The highest BCUT2D eigenvalue weighted by atomic mass is 32.1. The molecule has 1 aliphatic rings. The van der Waals surface area contributed by atoms with E-state index >= 15 is 0 Å². The van der Waals surface area contributed by atoms with Crippen molar-refractivity contribution in [3.8, 4) is 0 Å². The number of aromatic nitrogens is 1. The van der Waals surface area contributed by atoms with Crippen molar-refractivity contribution in [1.82, 2.24) is 4.98 Å². The van der Waals surface area contributed by atoms with Crippen molar-refractivity contribution < 1.29 is 9.72 Å². The molecule has 1 heterocycles. The van der Waals surface area contributed by atoms with E-state index in [9.17, 15) is 14.9 Å².